The number of hydrogen-bond acceptors (Lipinski definition) is 3. The lowest BCUT2D eigenvalue weighted by atomic mass is 10.00. The van der Waals surface area contributed by atoms with Gasteiger partial charge in [-0.1, -0.05) is 0 Å². The number of carbonyl (C=O) groups excluding carboxylic acids is 1. The van der Waals surface area contributed by atoms with E-state index in [4.69, 9.17) is 0 Å². The second-order valence-corrected chi connectivity index (χ2v) is 7.55. The Labute approximate surface area is 131 Å². The van der Waals surface area contributed by atoms with E-state index in [1.165, 1.54) is 7.05 Å². The Morgan fingerprint density at radius 1 is 1.41 bits per heavy atom. The van der Waals surface area contributed by atoms with E-state index >= 15 is 0 Å². The Morgan fingerprint density at radius 2 is 2.18 bits per heavy atom. The lowest BCUT2D eigenvalue weighted by Crippen LogP contribution is -2.46. The van der Waals surface area contributed by atoms with Crippen molar-refractivity contribution in [2.24, 2.45) is 7.05 Å². The quantitative estimate of drug-likeness (QED) is 0.839. The summed E-state index contributed by atoms with van der Waals surface area (Å²) in [5.41, 5.74) is 1.11. The van der Waals surface area contributed by atoms with Crippen molar-refractivity contribution in [3.63, 3.8) is 0 Å². The zero-order valence-electron chi connectivity index (χ0n) is 13.1. The molecule has 2 heterocycles. The molecule has 1 aromatic rings. The Hall–Kier alpha value is -1.54. The van der Waals surface area contributed by atoms with Gasteiger partial charge in [0, 0.05) is 32.0 Å². The van der Waals surface area contributed by atoms with Crippen LogP contribution in [0.15, 0.2) is 18.3 Å². The van der Waals surface area contributed by atoms with Crippen LogP contribution in [0.1, 0.15) is 31.0 Å². The van der Waals surface area contributed by atoms with Gasteiger partial charge in [-0.05, 0) is 38.4 Å². The van der Waals surface area contributed by atoms with Gasteiger partial charge < -0.3 is 14.8 Å². The van der Waals surface area contributed by atoms with E-state index in [9.17, 15) is 13.2 Å². The number of aromatic nitrogens is 1. The predicted molar refractivity (Wildman–Crippen MR) is 85.0 cm³/mol. The highest BCUT2D eigenvalue weighted by Gasteiger charge is 2.29. The number of likely N-dealkylation sites (tertiary alicyclic amines) is 1. The predicted octanol–water partition coefficient (Wildman–Crippen LogP) is 0.811. The molecule has 0 bridgehead atoms. The second kappa shape index (κ2) is 7.15. The van der Waals surface area contributed by atoms with Crippen molar-refractivity contribution in [3.8, 4) is 0 Å². The highest BCUT2D eigenvalue weighted by atomic mass is 32.2. The molecule has 1 atom stereocenters. The summed E-state index contributed by atoms with van der Waals surface area (Å²) >= 11 is 0. The number of nitrogens with one attached hydrogen (secondary N) is 2. The van der Waals surface area contributed by atoms with Crippen LogP contribution in [0.2, 0.25) is 0 Å². The highest BCUT2D eigenvalue weighted by Crippen LogP contribution is 2.30. The largest absolute Gasteiger partial charge is 0.353 e. The molecule has 22 heavy (non-hydrogen) atoms. The molecular formula is C14H24N4O3S. The van der Waals surface area contributed by atoms with Crippen molar-refractivity contribution in [2.75, 3.05) is 25.9 Å². The SMILES string of the molecule is CNS(=O)(=O)CCNC(=O)N1CCCC[C@H]1c1cccn1C. The van der Waals surface area contributed by atoms with E-state index in [1.54, 1.807) is 0 Å². The van der Waals surface area contributed by atoms with Gasteiger partial charge in [0.05, 0.1) is 11.8 Å². The molecule has 0 saturated carbocycles. The second-order valence-electron chi connectivity index (χ2n) is 5.50. The normalized spacial score (nSPS) is 19.2. The lowest BCUT2D eigenvalue weighted by Gasteiger charge is -2.36. The fraction of sp³-hybridized carbons (Fsp3) is 0.643. The first-order valence-electron chi connectivity index (χ1n) is 7.51. The maximum absolute atomic E-state index is 12.4. The molecule has 0 unspecified atom stereocenters. The number of piperidine rings is 1. The van der Waals surface area contributed by atoms with Crippen molar-refractivity contribution >= 4 is 16.1 Å². The van der Waals surface area contributed by atoms with Crippen LogP contribution in [0.25, 0.3) is 0 Å². The number of hydrogen-bond donors (Lipinski definition) is 2. The number of amides is 2. The lowest BCUT2D eigenvalue weighted by molar-refractivity contribution is 0.149. The van der Waals surface area contributed by atoms with Gasteiger partial charge in [0.2, 0.25) is 10.0 Å². The molecule has 7 nitrogen and oxygen atoms in total. The first kappa shape index (κ1) is 16.8. The summed E-state index contributed by atoms with van der Waals surface area (Å²) in [5.74, 6) is -0.113. The fourth-order valence-electron chi connectivity index (χ4n) is 2.80. The third kappa shape index (κ3) is 4.01. The number of urea groups is 1. The van der Waals surface area contributed by atoms with Crippen LogP contribution in [-0.2, 0) is 17.1 Å². The molecule has 0 radical (unpaired) electrons. The Balaban J connectivity index is 1.99. The standard InChI is InChI=1S/C14H24N4O3S/c1-15-22(20,21)11-8-16-14(19)18-10-4-3-6-13(18)12-7-5-9-17(12)2/h5,7,9,13,15H,3-4,6,8,10-11H2,1-2H3,(H,16,19)/t13-/m0/s1. The Kier molecular flexibility index (Phi) is 5.47. The van der Waals surface area contributed by atoms with Gasteiger partial charge in [-0.25, -0.2) is 17.9 Å². The van der Waals surface area contributed by atoms with E-state index in [0.717, 1.165) is 25.0 Å². The molecule has 2 rings (SSSR count). The summed E-state index contributed by atoms with van der Waals surface area (Å²) in [4.78, 5) is 14.2. The van der Waals surface area contributed by atoms with E-state index in [2.05, 4.69) is 10.0 Å². The Morgan fingerprint density at radius 3 is 2.82 bits per heavy atom. The van der Waals surface area contributed by atoms with Gasteiger partial charge in [-0.15, -0.1) is 0 Å². The molecular weight excluding hydrogens is 304 g/mol. The van der Waals surface area contributed by atoms with Crippen LogP contribution in [0.4, 0.5) is 4.79 Å². The summed E-state index contributed by atoms with van der Waals surface area (Å²) in [6, 6.07) is 3.85. The van der Waals surface area contributed by atoms with Crippen LogP contribution < -0.4 is 10.0 Å². The third-order valence-electron chi connectivity index (χ3n) is 4.05. The van der Waals surface area contributed by atoms with Gasteiger partial charge in [0.15, 0.2) is 0 Å². The van der Waals surface area contributed by atoms with E-state index in [0.29, 0.717) is 6.54 Å². The van der Waals surface area contributed by atoms with Gasteiger partial charge in [-0.2, -0.15) is 0 Å². The zero-order valence-corrected chi connectivity index (χ0v) is 13.9. The average Bonchev–Trinajstić information content (AvgIpc) is 2.93. The van der Waals surface area contributed by atoms with Gasteiger partial charge in [0.1, 0.15) is 0 Å². The summed E-state index contributed by atoms with van der Waals surface area (Å²) in [5, 5.41) is 2.71. The summed E-state index contributed by atoms with van der Waals surface area (Å²) in [6.45, 7) is 0.804. The van der Waals surface area contributed by atoms with Gasteiger partial charge >= 0.3 is 6.03 Å². The maximum atomic E-state index is 12.4. The first-order valence-corrected chi connectivity index (χ1v) is 9.17. The number of carbonyl (C=O) groups is 1. The van der Waals surface area contributed by atoms with E-state index in [-0.39, 0.29) is 24.4 Å². The number of rotatable bonds is 5. The monoisotopic (exact) mass is 328 g/mol. The molecule has 0 aliphatic carbocycles. The minimum Gasteiger partial charge on any atom is -0.353 e. The van der Waals surface area contributed by atoms with Crippen molar-refractivity contribution in [3.05, 3.63) is 24.0 Å². The number of nitrogens with zero attached hydrogens (tertiary/aromatic N) is 2. The van der Waals surface area contributed by atoms with Crippen LogP contribution >= 0.6 is 0 Å². The molecule has 1 fully saturated rings. The molecule has 1 aromatic heterocycles. The molecule has 124 valence electrons. The van der Waals surface area contributed by atoms with Gasteiger partial charge in [0.25, 0.3) is 0 Å². The van der Waals surface area contributed by atoms with Crippen LogP contribution in [0.5, 0.6) is 0 Å². The van der Waals surface area contributed by atoms with Crippen molar-refractivity contribution in [1.29, 1.82) is 0 Å². The fourth-order valence-corrected chi connectivity index (χ4v) is 3.37. The average molecular weight is 328 g/mol. The minimum absolute atomic E-state index is 0.0506. The molecule has 1 aliphatic heterocycles. The number of aryl methyl sites for hydroxylation is 1. The molecule has 0 aromatic carbocycles. The third-order valence-corrected chi connectivity index (χ3v) is 5.41. The summed E-state index contributed by atoms with van der Waals surface area (Å²) < 4.78 is 27.0. The van der Waals surface area contributed by atoms with Gasteiger partial charge in [-0.3, -0.25) is 0 Å². The molecule has 8 heteroatoms. The summed E-state index contributed by atoms with van der Waals surface area (Å²) in [7, 11) is 0.0433. The van der Waals surface area contributed by atoms with E-state index in [1.807, 2.05) is 34.8 Å². The molecule has 1 saturated heterocycles. The van der Waals surface area contributed by atoms with E-state index < -0.39 is 10.0 Å². The molecule has 1 aliphatic rings. The summed E-state index contributed by atoms with van der Waals surface area (Å²) in [6.07, 6.45) is 4.97. The van der Waals surface area contributed by atoms with Crippen LogP contribution in [-0.4, -0.2) is 49.8 Å². The first-order chi connectivity index (χ1) is 10.4. The van der Waals surface area contributed by atoms with Crippen molar-refractivity contribution < 1.29 is 13.2 Å². The minimum atomic E-state index is -3.30. The number of sulfonamides is 1. The zero-order chi connectivity index (χ0) is 16.2. The Bertz CT molecular complexity index is 611. The van der Waals surface area contributed by atoms with Crippen molar-refractivity contribution in [2.45, 2.75) is 25.3 Å². The highest BCUT2D eigenvalue weighted by molar-refractivity contribution is 7.89. The van der Waals surface area contributed by atoms with Crippen LogP contribution in [0.3, 0.4) is 0 Å². The van der Waals surface area contributed by atoms with Crippen molar-refractivity contribution in [1.82, 2.24) is 19.5 Å². The molecule has 2 N–H and O–H groups in total. The topological polar surface area (TPSA) is 83.4 Å². The van der Waals surface area contributed by atoms with Crippen LogP contribution in [0, 0.1) is 0 Å². The molecule has 0 spiro atoms. The smallest absolute Gasteiger partial charge is 0.317 e. The maximum Gasteiger partial charge on any atom is 0.317 e. The molecule has 2 amide bonds.